The summed E-state index contributed by atoms with van der Waals surface area (Å²) in [7, 11) is 0. The second kappa shape index (κ2) is 4.10. The summed E-state index contributed by atoms with van der Waals surface area (Å²) >= 11 is 13.3. The van der Waals surface area contributed by atoms with Gasteiger partial charge in [-0.15, -0.1) is 23.2 Å². The van der Waals surface area contributed by atoms with Crippen LogP contribution in [-0.4, -0.2) is 16.0 Å². The van der Waals surface area contributed by atoms with Gasteiger partial charge in [0.2, 0.25) is 0 Å². The van der Waals surface area contributed by atoms with Crippen molar-refractivity contribution in [2.75, 3.05) is 0 Å². The lowest BCUT2D eigenvalue weighted by molar-refractivity contribution is -0.104. The first-order chi connectivity index (χ1) is 7.11. The second-order valence-corrected chi connectivity index (χ2v) is 6.15. The van der Waals surface area contributed by atoms with E-state index in [1.165, 1.54) is 0 Å². The summed E-state index contributed by atoms with van der Waals surface area (Å²) in [5, 5.41) is 0. The minimum atomic E-state index is -0.336. The molecule has 2 aliphatic carbocycles. The third-order valence-electron chi connectivity index (χ3n) is 3.74. The molecule has 0 N–H and O–H groups in total. The van der Waals surface area contributed by atoms with Crippen LogP contribution < -0.4 is 0 Å². The Kier molecular flexibility index (Phi) is 3.14. The van der Waals surface area contributed by atoms with Crippen molar-refractivity contribution in [2.45, 2.75) is 54.7 Å². The van der Waals surface area contributed by atoms with Crippen molar-refractivity contribution in [3.63, 3.8) is 0 Å². The molecule has 0 aromatic heterocycles. The molecule has 2 fully saturated rings. The van der Waals surface area contributed by atoms with E-state index in [9.17, 15) is 4.79 Å². The molecule has 0 amide bonds. The summed E-state index contributed by atoms with van der Waals surface area (Å²) < 4.78 is 0. The van der Waals surface area contributed by atoms with E-state index >= 15 is 0 Å². The Labute approximate surface area is 101 Å². The van der Waals surface area contributed by atoms with Gasteiger partial charge in [-0.25, -0.2) is 0 Å². The molecule has 0 saturated heterocycles. The molecule has 15 heavy (non-hydrogen) atoms. The minimum absolute atomic E-state index is 0.336. The summed E-state index contributed by atoms with van der Waals surface area (Å²) in [6.45, 7) is 0. The van der Waals surface area contributed by atoms with Gasteiger partial charge in [0, 0.05) is 0 Å². The zero-order chi connectivity index (χ0) is 10.9. The molecular formula is C12H16Cl2O. The first-order valence-electron chi connectivity index (χ1n) is 5.65. The molecule has 3 heteroatoms. The average Bonchev–Trinajstić information content (AvgIpc) is 2.27. The Balaban J connectivity index is 2.44. The van der Waals surface area contributed by atoms with Gasteiger partial charge in [0.25, 0.3) is 0 Å². The van der Waals surface area contributed by atoms with Crippen LogP contribution in [0.25, 0.3) is 0 Å². The minimum Gasteiger partial charge on any atom is -0.299 e. The molecule has 2 bridgehead atoms. The van der Waals surface area contributed by atoms with E-state index in [1.54, 1.807) is 6.08 Å². The number of carbonyl (C=O) groups is 1. The fraction of sp³-hybridized carbons (Fsp3) is 0.750. The third-order valence-corrected chi connectivity index (χ3v) is 4.91. The van der Waals surface area contributed by atoms with Crippen LogP contribution in [0, 0.1) is 0 Å². The Morgan fingerprint density at radius 2 is 1.40 bits per heavy atom. The highest BCUT2D eigenvalue weighted by Crippen LogP contribution is 2.54. The maximum Gasteiger partial charge on any atom is 0.142 e. The Hall–Kier alpha value is -0.0100. The van der Waals surface area contributed by atoms with Gasteiger partial charge < -0.3 is 0 Å². The van der Waals surface area contributed by atoms with E-state index < -0.39 is 0 Å². The fourth-order valence-electron chi connectivity index (χ4n) is 3.02. The van der Waals surface area contributed by atoms with E-state index in [4.69, 9.17) is 23.2 Å². The first-order valence-corrected chi connectivity index (χ1v) is 6.41. The van der Waals surface area contributed by atoms with Gasteiger partial charge in [-0.3, -0.25) is 4.79 Å². The van der Waals surface area contributed by atoms with Crippen molar-refractivity contribution in [3.05, 3.63) is 11.6 Å². The lowest BCUT2D eigenvalue weighted by Crippen LogP contribution is -2.40. The van der Waals surface area contributed by atoms with Gasteiger partial charge in [-0.2, -0.15) is 0 Å². The van der Waals surface area contributed by atoms with E-state index in [0.29, 0.717) is 0 Å². The summed E-state index contributed by atoms with van der Waals surface area (Å²) in [5.41, 5.74) is 0.983. The van der Waals surface area contributed by atoms with Gasteiger partial charge in [0.1, 0.15) is 6.29 Å². The molecule has 0 heterocycles. The molecule has 2 unspecified atom stereocenters. The normalized spacial score (nSPS) is 40.8. The number of halogens is 2. The number of allylic oxidation sites excluding steroid dienone is 2. The number of carbonyl (C=O) groups excluding carboxylic acids is 1. The highest BCUT2D eigenvalue weighted by molar-refractivity contribution is 6.31. The van der Waals surface area contributed by atoms with Crippen molar-refractivity contribution in [1.29, 1.82) is 0 Å². The highest BCUT2D eigenvalue weighted by Gasteiger charge is 2.48. The quantitative estimate of drug-likeness (QED) is 0.391. The maximum absolute atomic E-state index is 10.7. The summed E-state index contributed by atoms with van der Waals surface area (Å²) in [6.07, 6.45) is 9.60. The van der Waals surface area contributed by atoms with E-state index in [1.807, 2.05) is 0 Å². The average molecular weight is 247 g/mol. The van der Waals surface area contributed by atoms with Crippen LogP contribution in [0.15, 0.2) is 11.6 Å². The van der Waals surface area contributed by atoms with Gasteiger partial charge >= 0.3 is 0 Å². The molecule has 2 saturated carbocycles. The van der Waals surface area contributed by atoms with E-state index in [0.717, 1.165) is 56.8 Å². The number of hydrogen-bond acceptors (Lipinski definition) is 1. The molecule has 2 rings (SSSR count). The number of hydrogen-bond donors (Lipinski definition) is 0. The maximum atomic E-state index is 10.7. The molecule has 0 spiro atoms. The number of rotatable bonds is 1. The molecule has 2 aliphatic rings. The largest absolute Gasteiger partial charge is 0.299 e. The predicted octanol–water partition coefficient (Wildman–Crippen LogP) is 3.82. The van der Waals surface area contributed by atoms with Crippen molar-refractivity contribution >= 4 is 29.5 Å². The van der Waals surface area contributed by atoms with Crippen LogP contribution in [0.3, 0.4) is 0 Å². The molecule has 84 valence electrons. The van der Waals surface area contributed by atoms with Crippen LogP contribution in [0.5, 0.6) is 0 Å². The third kappa shape index (κ3) is 1.97. The molecular weight excluding hydrogens is 231 g/mol. The smallest absolute Gasteiger partial charge is 0.142 e. The van der Waals surface area contributed by atoms with E-state index in [2.05, 4.69) is 0 Å². The fourth-order valence-corrected chi connectivity index (χ4v) is 4.09. The van der Waals surface area contributed by atoms with Crippen molar-refractivity contribution in [1.82, 2.24) is 0 Å². The van der Waals surface area contributed by atoms with Gasteiger partial charge in [0.05, 0.1) is 9.75 Å². The van der Waals surface area contributed by atoms with Crippen LogP contribution in [0.2, 0.25) is 0 Å². The number of aldehydes is 1. The molecule has 0 aromatic carbocycles. The topological polar surface area (TPSA) is 17.1 Å². The summed E-state index contributed by atoms with van der Waals surface area (Å²) in [6, 6.07) is 0. The first kappa shape index (κ1) is 11.5. The molecule has 0 aliphatic heterocycles. The van der Waals surface area contributed by atoms with E-state index in [-0.39, 0.29) is 9.75 Å². The van der Waals surface area contributed by atoms with Crippen molar-refractivity contribution in [3.8, 4) is 0 Å². The Morgan fingerprint density at radius 3 is 1.87 bits per heavy atom. The van der Waals surface area contributed by atoms with Crippen LogP contribution in [-0.2, 0) is 4.79 Å². The van der Waals surface area contributed by atoms with Gasteiger partial charge in [-0.1, -0.05) is 12.8 Å². The molecule has 0 aromatic rings. The Morgan fingerprint density at radius 1 is 0.933 bits per heavy atom. The number of alkyl halides is 2. The molecule has 2 atom stereocenters. The van der Waals surface area contributed by atoms with Crippen LogP contribution in [0.4, 0.5) is 0 Å². The predicted molar refractivity (Wildman–Crippen MR) is 63.6 cm³/mol. The monoisotopic (exact) mass is 246 g/mol. The highest BCUT2D eigenvalue weighted by atomic mass is 35.5. The lowest BCUT2D eigenvalue weighted by atomic mass is 9.74. The summed E-state index contributed by atoms with van der Waals surface area (Å²) in [5.74, 6) is 0. The van der Waals surface area contributed by atoms with Crippen molar-refractivity contribution in [2.24, 2.45) is 0 Å². The van der Waals surface area contributed by atoms with Gasteiger partial charge in [0.15, 0.2) is 0 Å². The lowest BCUT2D eigenvalue weighted by Gasteiger charge is -2.42. The zero-order valence-corrected chi connectivity index (χ0v) is 10.3. The van der Waals surface area contributed by atoms with Crippen molar-refractivity contribution < 1.29 is 4.79 Å². The SMILES string of the molecule is O=CC=C1C2(Cl)CCCCC1(Cl)CCC2. The zero-order valence-electron chi connectivity index (χ0n) is 8.77. The summed E-state index contributed by atoms with van der Waals surface area (Å²) in [4.78, 5) is 10.0. The molecule has 1 nitrogen and oxygen atoms in total. The van der Waals surface area contributed by atoms with Crippen LogP contribution >= 0.6 is 23.2 Å². The van der Waals surface area contributed by atoms with Crippen LogP contribution in [0.1, 0.15) is 44.9 Å². The standard InChI is InChI=1S/C12H16Cl2O/c13-11-5-1-2-6-12(14,8-3-7-11)10(11)4-9-15/h4,9H,1-3,5-8H2. The van der Waals surface area contributed by atoms with Gasteiger partial charge in [-0.05, 0) is 43.8 Å². The second-order valence-electron chi connectivity index (χ2n) is 4.71. The Bertz CT molecular complexity index is 278. The number of fused-ring (bicyclic) bond motifs is 2. The molecule has 0 radical (unpaired) electrons.